The van der Waals surface area contributed by atoms with E-state index in [0.717, 1.165) is 55.4 Å². The summed E-state index contributed by atoms with van der Waals surface area (Å²) in [6.45, 7) is 0. The number of aromatic nitrogens is 4. The summed E-state index contributed by atoms with van der Waals surface area (Å²) in [5, 5.41) is 15.1. The lowest BCUT2D eigenvalue weighted by Crippen LogP contribution is -2.01. The number of nitrogens with zero attached hydrogens (tertiary/aromatic N) is 5. The van der Waals surface area contributed by atoms with E-state index in [1.807, 2.05) is 60.7 Å². The number of nitriles is 1. The largest absolute Gasteiger partial charge is 0.309 e. The first-order valence-corrected chi connectivity index (χ1v) is 17.3. The summed E-state index contributed by atoms with van der Waals surface area (Å²) in [6, 6.07) is 63.2. The Hall–Kier alpha value is -7.29. The molecule has 0 saturated carbocycles. The SMILES string of the molecule is N#Cc1c(-c2ccccc2)nc(-c2ccc3c(c2)c2cc4c5ccccc5n(-c5ccccc5)c4cc2n3-c2ccccc2)nc1-c1ccccc1. The standard InChI is InChI=1S/C47H29N5/c48-30-40-45(31-15-5-1-6-16-31)49-47(50-46(40)32-17-7-2-8-18-32)33-25-26-42-37(27-33)39-28-38-36-23-13-14-24-41(36)51(34-19-9-3-10-20-34)43(38)29-44(39)52(42)35-21-11-4-12-22-35/h1-29H. The highest BCUT2D eigenvalue weighted by Crippen LogP contribution is 2.41. The van der Waals surface area contributed by atoms with Crippen LogP contribution in [0.2, 0.25) is 0 Å². The van der Waals surface area contributed by atoms with Crippen molar-refractivity contribution < 1.29 is 0 Å². The van der Waals surface area contributed by atoms with E-state index >= 15 is 0 Å². The molecule has 0 atom stereocenters. The molecule has 0 fully saturated rings. The van der Waals surface area contributed by atoms with E-state index in [1.54, 1.807) is 0 Å². The first-order chi connectivity index (χ1) is 25.8. The second-order valence-electron chi connectivity index (χ2n) is 12.9. The molecule has 0 spiro atoms. The van der Waals surface area contributed by atoms with Crippen LogP contribution in [-0.2, 0) is 0 Å². The minimum atomic E-state index is 0.458. The van der Waals surface area contributed by atoms with Crippen LogP contribution in [0.1, 0.15) is 5.56 Å². The molecule has 0 aliphatic carbocycles. The van der Waals surface area contributed by atoms with Crippen molar-refractivity contribution >= 4 is 43.6 Å². The average molecular weight is 664 g/mol. The Bertz CT molecular complexity index is 2930. The second kappa shape index (κ2) is 11.9. The summed E-state index contributed by atoms with van der Waals surface area (Å²) in [5.74, 6) is 0.570. The molecule has 52 heavy (non-hydrogen) atoms. The molecule has 10 rings (SSSR count). The van der Waals surface area contributed by atoms with Crippen molar-refractivity contribution in [2.24, 2.45) is 0 Å². The molecule has 0 N–H and O–H groups in total. The molecule has 5 heteroatoms. The molecule has 5 nitrogen and oxygen atoms in total. The van der Waals surface area contributed by atoms with Gasteiger partial charge in [-0.2, -0.15) is 5.26 Å². The van der Waals surface area contributed by atoms with Gasteiger partial charge in [-0.1, -0.05) is 115 Å². The third-order valence-electron chi connectivity index (χ3n) is 9.96. The van der Waals surface area contributed by atoms with E-state index in [4.69, 9.17) is 9.97 Å². The number of benzene rings is 7. The van der Waals surface area contributed by atoms with Crippen molar-refractivity contribution in [2.75, 3.05) is 0 Å². The number of hydrogen-bond donors (Lipinski definition) is 0. The zero-order valence-corrected chi connectivity index (χ0v) is 28.0. The Morgan fingerprint density at radius 1 is 0.385 bits per heavy atom. The lowest BCUT2D eigenvalue weighted by atomic mass is 10.00. The van der Waals surface area contributed by atoms with Gasteiger partial charge in [-0.25, -0.2) is 9.97 Å². The van der Waals surface area contributed by atoms with E-state index in [0.29, 0.717) is 22.8 Å². The van der Waals surface area contributed by atoms with Crippen LogP contribution in [0.25, 0.3) is 88.9 Å². The number of para-hydroxylation sites is 3. The maximum absolute atomic E-state index is 10.5. The topological polar surface area (TPSA) is 59.4 Å². The van der Waals surface area contributed by atoms with Crippen molar-refractivity contribution in [3.63, 3.8) is 0 Å². The van der Waals surface area contributed by atoms with E-state index in [-0.39, 0.29) is 0 Å². The Morgan fingerprint density at radius 3 is 1.40 bits per heavy atom. The van der Waals surface area contributed by atoms with Gasteiger partial charge < -0.3 is 9.13 Å². The van der Waals surface area contributed by atoms with Crippen molar-refractivity contribution in [3.05, 3.63) is 181 Å². The molecule has 0 amide bonds. The smallest absolute Gasteiger partial charge is 0.160 e. The molecule has 0 aliphatic heterocycles. The molecule has 0 bridgehead atoms. The van der Waals surface area contributed by atoms with Gasteiger partial charge >= 0.3 is 0 Å². The van der Waals surface area contributed by atoms with Gasteiger partial charge in [0.05, 0.1) is 33.5 Å². The Kier molecular flexibility index (Phi) is 6.80. The molecule has 3 aromatic heterocycles. The van der Waals surface area contributed by atoms with Crippen LogP contribution in [0, 0.1) is 11.3 Å². The second-order valence-corrected chi connectivity index (χ2v) is 12.9. The monoisotopic (exact) mass is 663 g/mol. The van der Waals surface area contributed by atoms with Gasteiger partial charge in [-0.3, -0.25) is 0 Å². The minimum absolute atomic E-state index is 0.458. The first kappa shape index (κ1) is 29.6. The number of fused-ring (bicyclic) bond motifs is 6. The summed E-state index contributed by atoms with van der Waals surface area (Å²) in [6.07, 6.45) is 0. The Labute approximate surface area is 299 Å². The highest BCUT2D eigenvalue weighted by molar-refractivity contribution is 6.19. The normalized spacial score (nSPS) is 11.4. The fourth-order valence-corrected chi connectivity index (χ4v) is 7.64. The highest BCUT2D eigenvalue weighted by Gasteiger charge is 2.21. The van der Waals surface area contributed by atoms with Crippen LogP contribution in [0.4, 0.5) is 0 Å². The average Bonchev–Trinajstić information content (AvgIpc) is 3.72. The summed E-state index contributed by atoms with van der Waals surface area (Å²) >= 11 is 0. The van der Waals surface area contributed by atoms with Crippen LogP contribution in [0.15, 0.2) is 176 Å². The van der Waals surface area contributed by atoms with Crippen LogP contribution in [0.5, 0.6) is 0 Å². The molecular weight excluding hydrogens is 635 g/mol. The van der Waals surface area contributed by atoms with E-state index < -0.39 is 0 Å². The van der Waals surface area contributed by atoms with Gasteiger partial charge in [0.2, 0.25) is 0 Å². The fraction of sp³-hybridized carbons (Fsp3) is 0. The molecule has 0 saturated heterocycles. The van der Waals surface area contributed by atoms with Crippen LogP contribution in [-0.4, -0.2) is 19.1 Å². The number of hydrogen-bond acceptors (Lipinski definition) is 3. The predicted octanol–water partition coefficient (Wildman–Crippen LogP) is 11.5. The minimum Gasteiger partial charge on any atom is -0.309 e. The molecule has 242 valence electrons. The van der Waals surface area contributed by atoms with Crippen molar-refractivity contribution in [1.29, 1.82) is 5.26 Å². The predicted molar refractivity (Wildman–Crippen MR) is 212 cm³/mol. The quantitative estimate of drug-likeness (QED) is 0.184. The highest BCUT2D eigenvalue weighted by atomic mass is 15.0. The maximum atomic E-state index is 10.5. The third kappa shape index (κ3) is 4.63. The zero-order chi connectivity index (χ0) is 34.6. The van der Waals surface area contributed by atoms with E-state index in [2.05, 4.69) is 130 Å². The molecule has 0 aliphatic rings. The van der Waals surface area contributed by atoms with Gasteiger partial charge in [-0.15, -0.1) is 0 Å². The van der Waals surface area contributed by atoms with Gasteiger partial charge in [0.15, 0.2) is 5.82 Å². The molecule has 10 aromatic rings. The van der Waals surface area contributed by atoms with Gasteiger partial charge in [0, 0.05) is 49.6 Å². The van der Waals surface area contributed by atoms with Crippen molar-refractivity contribution in [2.45, 2.75) is 0 Å². The Morgan fingerprint density at radius 2 is 0.846 bits per heavy atom. The van der Waals surface area contributed by atoms with Gasteiger partial charge in [-0.05, 0) is 60.7 Å². The third-order valence-corrected chi connectivity index (χ3v) is 9.96. The van der Waals surface area contributed by atoms with Crippen molar-refractivity contribution in [1.82, 2.24) is 19.1 Å². The molecule has 0 radical (unpaired) electrons. The maximum Gasteiger partial charge on any atom is 0.160 e. The lowest BCUT2D eigenvalue weighted by Gasteiger charge is -2.12. The van der Waals surface area contributed by atoms with E-state index in [9.17, 15) is 5.26 Å². The molecule has 3 heterocycles. The summed E-state index contributed by atoms with van der Waals surface area (Å²) in [4.78, 5) is 10.2. The summed E-state index contributed by atoms with van der Waals surface area (Å²) in [5.41, 5.74) is 11.1. The van der Waals surface area contributed by atoms with Gasteiger partial charge in [0.1, 0.15) is 11.6 Å². The zero-order valence-electron chi connectivity index (χ0n) is 28.0. The molecule has 7 aromatic carbocycles. The fourth-order valence-electron chi connectivity index (χ4n) is 7.64. The molecular formula is C47H29N5. The Balaban J connectivity index is 1.29. The summed E-state index contributed by atoms with van der Waals surface area (Å²) < 4.78 is 4.72. The van der Waals surface area contributed by atoms with Crippen LogP contribution in [0.3, 0.4) is 0 Å². The van der Waals surface area contributed by atoms with Gasteiger partial charge in [0.25, 0.3) is 0 Å². The van der Waals surface area contributed by atoms with Crippen molar-refractivity contribution in [3.8, 4) is 51.3 Å². The first-order valence-electron chi connectivity index (χ1n) is 17.3. The summed E-state index contributed by atoms with van der Waals surface area (Å²) in [7, 11) is 0. The van der Waals surface area contributed by atoms with Crippen LogP contribution >= 0.6 is 0 Å². The van der Waals surface area contributed by atoms with E-state index in [1.165, 1.54) is 16.3 Å². The molecule has 0 unspecified atom stereocenters. The lowest BCUT2D eigenvalue weighted by molar-refractivity contribution is 1.16. The number of rotatable bonds is 5. The van der Waals surface area contributed by atoms with Crippen LogP contribution < -0.4 is 0 Å².